The van der Waals surface area contributed by atoms with Gasteiger partial charge in [0.25, 0.3) is 5.91 Å². The molecule has 0 bridgehead atoms. The molecule has 6 heteroatoms. The number of aromatic nitrogens is 2. The van der Waals surface area contributed by atoms with Crippen molar-refractivity contribution in [1.82, 2.24) is 10.2 Å². The average Bonchev–Trinajstić information content (AvgIpc) is 2.86. The van der Waals surface area contributed by atoms with Crippen LogP contribution in [0.2, 0.25) is 0 Å². The first-order valence-electron chi connectivity index (χ1n) is 5.77. The Hall–Kier alpha value is -2.63. The van der Waals surface area contributed by atoms with Gasteiger partial charge in [-0.05, 0) is 19.1 Å². The number of hydrogen-bond donors (Lipinski definition) is 2. The van der Waals surface area contributed by atoms with Crippen LogP contribution in [-0.2, 0) is 0 Å². The van der Waals surface area contributed by atoms with Gasteiger partial charge in [-0.1, -0.05) is 18.2 Å². The van der Waals surface area contributed by atoms with E-state index < -0.39 is 0 Å². The molecule has 19 heavy (non-hydrogen) atoms. The van der Waals surface area contributed by atoms with Crippen molar-refractivity contribution in [3.63, 3.8) is 0 Å². The van der Waals surface area contributed by atoms with Crippen molar-refractivity contribution in [2.45, 2.75) is 6.92 Å². The third kappa shape index (κ3) is 2.47. The summed E-state index contributed by atoms with van der Waals surface area (Å²) in [7, 11) is 1.54. The first-order chi connectivity index (χ1) is 9.15. The average molecular weight is 257 g/mol. The van der Waals surface area contributed by atoms with Crippen LogP contribution in [-0.4, -0.2) is 29.1 Å². The maximum atomic E-state index is 12.5. The largest absolute Gasteiger partial charge is 0.369 e. The number of nitrogens with two attached hydrogens (primary N) is 1. The zero-order chi connectivity index (χ0) is 13.8. The third-order valence-corrected chi connectivity index (χ3v) is 2.74. The summed E-state index contributed by atoms with van der Waals surface area (Å²) in [5, 5.41) is 6.59. The lowest BCUT2D eigenvalue weighted by Gasteiger charge is -2.21. The molecule has 1 aromatic carbocycles. The van der Waals surface area contributed by atoms with E-state index in [2.05, 4.69) is 15.2 Å². The first kappa shape index (κ1) is 12.8. The molecule has 0 saturated carbocycles. The monoisotopic (exact) mass is 257 g/mol. The van der Waals surface area contributed by atoms with Crippen LogP contribution in [0.1, 0.15) is 16.1 Å². The molecule has 1 aromatic heterocycles. The molecular formula is C13H15N5O. The fraction of sp³-hybridized carbons (Fsp3) is 0.154. The number of nitrogens with one attached hydrogen (secondary N) is 1. The van der Waals surface area contributed by atoms with E-state index in [9.17, 15) is 4.79 Å². The minimum Gasteiger partial charge on any atom is -0.369 e. The van der Waals surface area contributed by atoms with E-state index in [4.69, 9.17) is 5.73 Å². The molecule has 0 saturated heterocycles. The summed E-state index contributed by atoms with van der Waals surface area (Å²) in [6, 6.07) is 9.13. The summed E-state index contributed by atoms with van der Waals surface area (Å²) in [6.45, 7) is 1.78. The Morgan fingerprint density at radius 1 is 1.37 bits per heavy atom. The van der Waals surface area contributed by atoms with Gasteiger partial charge >= 0.3 is 0 Å². The lowest BCUT2D eigenvalue weighted by molar-refractivity contribution is 0.100. The van der Waals surface area contributed by atoms with Gasteiger partial charge in [-0.2, -0.15) is 5.10 Å². The van der Waals surface area contributed by atoms with Crippen LogP contribution in [0.3, 0.4) is 0 Å². The highest BCUT2D eigenvalue weighted by Crippen LogP contribution is 2.17. The zero-order valence-corrected chi connectivity index (χ0v) is 10.8. The zero-order valence-electron chi connectivity index (χ0n) is 10.8. The number of carbonyl (C=O) groups is 1. The van der Waals surface area contributed by atoms with Crippen molar-refractivity contribution in [1.29, 1.82) is 0 Å². The summed E-state index contributed by atoms with van der Waals surface area (Å²) < 4.78 is 0. The van der Waals surface area contributed by atoms with E-state index in [0.29, 0.717) is 16.9 Å². The highest BCUT2D eigenvalue weighted by Gasteiger charge is 2.23. The number of guanidine groups is 1. The van der Waals surface area contributed by atoms with Crippen LogP contribution in [0.15, 0.2) is 41.5 Å². The van der Waals surface area contributed by atoms with Gasteiger partial charge in [-0.25, -0.2) is 4.90 Å². The number of amides is 1. The highest BCUT2D eigenvalue weighted by atomic mass is 16.2. The molecule has 0 fully saturated rings. The predicted octanol–water partition coefficient (Wildman–Crippen LogP) is 1.31. The third-order valence-electron chi connectivity index (χ3n) is 2.74. The molecular weight excluding hydrogens is 242 g/mol. The molecule has 98 valence electrons. The second kappa shape index (κ2) is 5.34. The summed E-state index contributed by atoms with van der Waals surface area (Å²) >= 11 is 0. The van der Waals surface area contributed by atoms with Crippen molar-refractivity contribution in [3.05, 3.63) is 47.8 Å². The number of benzene rings is 1. The van der Waals surface area contributed by atoms with Crippen molar-refractivity contribution >= 4 is 17.6 Å². The molecule has 0 radical (unpaired) electrons. The van der Waals surface area contributed by atoms with Crippen LogP contribution in [0.5, 0.6) is 0 Å². The van der Waals surface area contributed by atoms with E-state index in [0.717, 1.165) is 0 Å². The maximum absolute atomic E-state index is 12.5. The Morgan fingerprint density at radius 3 is 2.58 bits per heavy atom. The van der Waals surface area contributed by atoms with Crippen molar-refractivity contribution in [2.24, 2.45) is 10.7 Å². The molecule has 2 rings (SSSR count). The predicted molar refractivity (Wildman–Crippen MR) is 74.1 cm³/mol. The maximum Gasteiger partial charge on any atom is 0.268 e. The lowest BCUT2D eigenvalue weighted by Crippen LogP contribution is -2.42. The fourth-order valence-corrected chi connectivity index (χ4v) is 1.72. The van der Waals surface area contributed by atoms with Gasteiger partial charge in [0.15, 0.2) is 0 Å². The van der Waals surface area contributed by atoms with Gasteiger partial charge in [0, 0.05) is 12.7 Å². The lowest BCUT2D eigenvalue weighted by atomic mass is 10.2. The number of aromatic amines is 1. The number of anilines is 1. The molecule has 0 spiro atoms. The number of para-hydroxylation sites is 1. The molecule has 0 aliphatic rings. The topological polar surface area (TPSA) is 87.4 Å². The van der Waals surface area contributed by atoms with Crippen LogP contribution in [0, 0.1) is 6.92 Å². The Labute approximate surface area is 111 Å². The summed E-state index contributed by atoms with van der Waals surface area (Å²) in [6.07, 6.45) is 1.48. The van der Waals surface area contributed by atoms with Gasteiger partial charge in [-0.3, -0.25) is 14.9 Å². The summed E-state index contributed by atoms with van der Waals surface area (Å²) in [4.78, 5) is 17.8. The van der Waals surface area contributed by atoms with Crippen LogP contribution in [0.25, 0.3) is 0 Å². The number of rotatable bonds is 2. The second-order valence-corrected chi connectivity index (χ2v) is 3.97. The van der Waals surface area contributed by atoms with Crippen LogP contribution in [0.4, 0.5) is 5.69 Å². The van der Waals surface area contributed by atoms with Gasteiger partial charge in [0.1, 0.15) is 0 Å². The second-order valence-electron chi connectivity index (χ2n) is 3.97. The summed E-state index contributed by atoms with van der Waals surface area (Å²) in [5.74, 6) is -0.127. The molecule has 1 amide bonds. The first-order valence-corrected chi connectivity index (χ1v) is 5.77. The highest BCUT2D eigenvalue weighted by molar-refractivity contribution is 6.21. The number of aryl methyl sites for hydroxylation is 1. The van der Waals surface area contributed by atoms with E-state index in [1.807, 2.05) is 18.2 Å². The van der Waals surface area contributed by atoms with Crippen molar-refractivity contribution in [3.8, 4) is 0 Å². The molecule has 2 aromatic rings. The molecule has 0 unspecified atom stereocenters. The van der Waals surface area contributed by atoms with E-state index >= 15 is 0 Å². The number of hydrogen-bond acceptors (Lipinski definition) is 3. The quantitative estimate of drug-likeness (QED) is 0.628. The van der Waals surface area contributed by atoms with Gasteiger partial charge < -0.3 is 5.73 Å². The normalized spacial score (nSPS) is 11.4. The molecule has 1 heterocycles. The number of aliphatic imine (C=N–C) groups is 1. The fourth-order valence-electron chi connectivity index (χ4n) is 1.72. The Kier molecular flexibility index (Phi) is 3.61. The molecule has 0 atom stereocenters. The molecule has 0 aliphatic heterocycles. The Bertz CT molecular complexity index is 603. The number of H-pyrrole nitrogens is 1. The standard InChI is InChI=1S/C13H15N5O/c1-9-11(8-16-17-9)12(19)18(13(14)15-2)10-6-4-3-5-7-10/h3-8H,1-2H3,(H2,14,15)(H,16,17). The number of nitrogens with zero attached hydrogens (tertiary/aromatic N) is 3. The van der Waals surface area contributed by atoms with Crippen LogP contribution >= 0.6 is 0 Å². The van der Waals surface area contributed by atoms with Crippen LogP contribution < -0.4 is 10.6 Å². The minimum atomic E-state index is -0.263. The summed E-state index contributed by atoms with van der Waals surface area (Å²) in [5.41, 5.74) is 7.65. The van der Waals surface area contributed by atoms with Gasteiger partial charge in [0.05, 0.1) is 17.4 Å². The Morgan fingerprint density at radius 2 is 2.05 bits per heavy atom. The van der Waals surface area contributed by atoms with E-state index in [1.165, 1.54) is 11.1 Å². The molecule has 6 nitrogen and oxygen atoms in total. The number of carbonyl (C=O) groups excluding carboxylic acids is 1. The smallest absolute Gasteiger partial charge is 0.268 e. The van der Waals surface area contributed by atoms with Crippen molar-refractivity contribution in [2.75, 3.05) is 11.9 Å². The molecule has 0 aliphatic carbocycles. The SMILES string of the molecule is CN=C(N)N(C(=O)c1cn[nH]c1C)c1ccccc1. The molecule has 3 N–H and O–H groups in total. The van der Waals surface area contributed by atoms with E-state index in [1.54, 1.807) is 26.1 Å². The van der Waals surface area contributed by atoms with Gasteiger partial charge in [0.2, 0.25) is 5.96 Å². The van der Waals surface area contributed by atoms with E-state index in [-0.39, 0.29) is 11.9 Å². The minimum absolute atomic E-state index is 0.136. The van der Waals surface area contributed by atoms with Gasteiger partial charge in [-0.15, -0.1) is 0 Å². The van der Waals surface area contributed by atoms with Crippen molar-refractivity contribution < 1.29 is 4.79 Å². The Balaban J connectivity index is 2.46.